The van der Waals surface area contributed by atoms with Crippen LogP contribution in [0.25, 0.3) is 0 Å². The van der Waals surface area contributed by atoms with Gasteiger partial charge in [-0.25, -0.2) is 0 Å². The molecule has 7 heteroatoms. The van der Waals surface area contributed by atoms with E-state index in [0.29, 0.717) is 29.9 Å². The maximum atomic E-state index is 11.1. The first kappa shape index (κ1) is 16.5. The number of hydrogen-bond donors (Lipinski definition) is 1. The van der Waals surface area contributed by atoms with Crippen LogP contribution in [0, 0.1) is 24.0 Å². The van der Waals surface area contributed by atoms with Crippen molar-refractivity contribution in [1.29, 1.82) is 0 Å². The van der Waals surface area contributed by atoms with Crippen LogP contribution in [0.4, 0.5) is 5.69 Å². The summed E-state index contributed by atoms with van der Waals surface area (Å²) in [5.41, 5.74) is 1.89. The molecule has 20 heavy (non-hydrogen) atoms. The number of aliphatic hydroxyl groups is 1. The van der Waals surface area contributed by atoms with Crippen LogP contribution < -0.4 is 0 Å². The summed E-state index contributed by atoms with van der Waals surface area (Å²) >= 11 is 0. The minimum Gasteiger partial charge on any atom is -0.389 e. The van der Waals surface area contributed by atoms with E-state index in [-0.39, 0.29) is 17.2 Å². The number of aryl methyl sites for hydroxylation is 1. The Balaban J connectivity index is 2.83. The summed E-state index contributed by atoms with van der Waals surface area (Å²) in [6, 6.07) is 0. The van der Waals surface area contributed by atoms with E-state index in [1.807, 2.05) is 11.9 Å². The first-order valence-corrected chi connectivity index (χ1v) is 6.31. The molecule has 0 aromatic carbocycles. The van der Waals surface area contributed by atoms with Gasteiger partial charge < -0.3 is 9.84 Å². The maximum absolute atomic E-state index is 11.1. The topological polar surface area (TPSA) is 88.7 Å². The average molecular weight is 283 g/mol. The largest absolute Gasteiger partial charge is 0.389 e. The summed E-state index contributed by atoms with van der Waals surface area (Å²) in [5.74, 6) is 0. The van der Waals surface area contributed by atoms with E-state index in [2.05, 4.69) is 4.98 Å². The number of rotatable bonds is 7. The highest BCUT2D eigenvalue weighted by Crippen LogP contribution is 2.24. The standard InChI is InChI=1S/C13H21N3O4/c1-9-5-14-12(10(2)13(9)16(18)19)7-15(3)6-11(17)8-20-4/h5,11,17H,6-8H2,1-4H3. The third-order valence-electron chi connectivity index (χ3n) is 3.06. The summed E-state index contributed by atoms with van der Waals surface area (Å²) in [6.07, 6.45) is 0.922. The molecule has 1 aromatic rings. The monoisotopic (exact) mass is 283 g/mol. The summed E-state index contributed by atoms with van der Waals surface area (Å²) in [4.78, 5) is 16.8. The molecule has 0 bridgehead atoms. The molecular weight excluding hydrogens is 262 g/mol. The molecule has 1 atom stereocenters. The minimum atomic E-state index is -0.592. The molecule has 1 rings (SSSR count). The number of pyridine rings is 1. The fraction of sp³-hybridized carbons (Fsp3) is 0.615. The molecule has 1 heterocycles. The van der Waals surface area contributed by atoms with E-state index in [9.17, 15) is 15.2 Å². The van der Waals surface area contributed by atoms with Gasteiger partial charge in [0, 0.05) is 37.5 Å². The van der Waals surface area contributed by atoms with Crippen LogP contribution >= 0.6 is 0 Å². The van der Waals surface area contributed by atoms with Gasteiger partial charge in [0.2, 0.25) is 0 Å². The normalized spacial score (nSPS) is 12.7. The van der Waals surface area contributed by atoms with Crippen molar-refractivity contribution in [3.63, 3.8) is 0 Å². The Morgan fingerprint density at radius 1 is 1.55 bits per heavy atom. The summed E-state index contributed by atoms with van der Waals surface area (Å²) in [7, 11) is 3.35. The number of nitro groups is 1. The average Bonchev–Trinajstić information content (AvgIpc) is 2.32. The van der Waals surface area contributed by atoms with Gasteiger partial charge in [-0.1, -0.05) is 0 Å². The lowest BCUT2D eigenvalue weighted by atomic mass is 10.1. The third kappa shape index (κ3) is 4.22. The Bertz CT molecular complexity index is 479. The fourth-order valence-corrected chi connectivity index (χ4v) is 2.13. The number of ether oxygens (including phenoxy) is 1. The number of likely N-dealkylation sites (N-methyl/N-ethyl adjacent to an activating group) is 1. The zero-order valence-electron chi connectivity index (χ0n) is 12.3. The number of aliphatic hydroxyl groups excluding tert-OH is 1. The molecule has 0 saturated heterocycles. The Morgan fingerprint density at radius 3 is 2.75 bits per heavy atom. The van der Waals surface area contributed by atoms with E-state index < -0.39 is 6.10 Å². The molecule has 0 spiro atoms. The number of methoxy groups -OCH3 is 1. The molecule has 0 aliphatic rings. The number of nitrogens with zero attached hydrogens (tertiary/aromatic N) is 3. The van der Waals surface area contributed by atoms with Crippen molar-refractivity contribution in [2.45, 2.75) is 26.5 Å². The predicted molar refractivity (Wildman–Crippen MR) is 74.6 cm³/mol. The second-order valence-electron chi connectivity index (χ2n) is 4.92. The molecule has 0 fully saturated rings. The molecular formula is C13H21N3O4. The van der Waals surface area contributed by atoms with Gasteiger partial charge in [0.05, 0.1) is 23.3 Å². The third-order valence-corrected chi connectivity index (χ3v) is 3.06. The Labute approximate surface area is 118 Å². The molecule has 0 amide bonds. The number of hydrogen-bond acceptors (Lipinski definition) is 6. The van der Waals surface area contributed by atoms with Crippen LogP contribution in [0.3, 0.4) is 0 Å². The molecule has 1 aromatic heterocycles. The van der Waals surface area contributed by atoms with E-state index >= 15 is 0 Å². The van der Waals surface area contributed by atoms with Crippen LogP contribution in [0.15, 0.2) is 6.20 Å². The van der Waals surface area contributed by atoms with Gasteiger partial charge in [0.1, 0.15) is 0 Å². The van der Waals surface area contributed by atoms with Gasteiger partial charge in [0.15, 0.2) is 0 Å². The van der Waals surface area contributed by atoms with Crippen molar-refractivity contribution in [2.75, 3.05) is 27.3 Å². The quantitative estimate of drug-likeness (QED) is 0.594. The maximum Gasteiger partial charge on any atom is 0.278 e. The summed E-state index contributed by atoms with van der Waals surface area (Å²) < 4.78 is 4.86. The van der Waals surface area contributed by atoms with Gasteiger partial charge in [-0.3, -0.25) is 20.0 Å². The smallest absolute Gasteiger partial charge is 0.278 e. The van der Waals surface area contributed by atoms with Crippen LogP contribution in [-0.2, 0) is 11.3 Å². The van der Waals surface area contributed by atoms with Crippen LogP contribution in [0.2, 0.25) is 0 Å². The molecule has 0 radical (unpaired) electrons. The second-order valence-corrected chi connectivity index (χ2v) is 4.92. The summed E-state index contributed by atoms with van der Waals surface area (Å²) in [6.45, 7) is 4.48. The molecule has 1 N–H and O–H groups in total. The lowest BCUT2D eigenvalue weighted by molar-refractivity contribution is -0.386. The summed E-state index contributed by atoms with van der Waals surface area (Å²) in [5, 5.41) is 20.7. The molecule has 0 saturated carbocycles. The lowest BCUT2D eigenvalue weighted by Crippen LogP contribution is -2.32. The van der Waals surface area contributed by atoms with Crippen LogP contribution in [0.1, 0.15) is 16.8 Å². The van der Waals surface area contributed by atoms with Gasteiger partial charge in [-0.15, -0.1) is 0 Å². The van der Waals surface area contributed by atoms with Crippen molar-refractivity contribution in [2.24, 2.45) is 0 Å². The highest BCUT2D eigenvalue weighted by Gasteiger charge is 2.19. The Hall–Kier alpha value is -1.57. The van der Waals surface area contributed by atoms with Crippen molar-refractivity contribution in [3.05, 3.63) is 33.1 Å². The molecule has 0 aliphatic heterocycles. The van der Waals surface area contributed by atoms with Gasteiger partial charge >= 0.3 is 0 Å². The highest BCUT2D eigenvalue weighted by atomic mass is 16.6. The van der Waals surface area contributed by atoms with E-state index in [1.54, 1.807) is 13.8 Å². The SMILES string of the molecule is COCC(O)CN(C)Cc1ncc(C)c([N+](=O)[O-])c1C. The highest BCUT2D eigenvalue weighted by molar-refractivity contribution is 5.47. The van der Waals surface area contributed by atoms with Crippen LogP contribution in [-0.4, -0.2) is 53.3 Å². The Morgan fingerprint density at radius 2 is 2.20 bits per heavy atom. The van der Waals surface area contributed by atoms with E-state index in [1.165, 1.54) is 13.3 Å². The van der Waals surface area contributed by atoms with Crippen molar-refractivity contribution in [1.82, 2.24) is 9.88 Å². The predicted octanol–water partition coefficient (Wildman–Crippen LogP) is 1.05. The van der Waals surface area contributed by atoms with E-state index in [4.69, 9.17) is 4.74 Å². The molecule has 7 nitrogen and oxygen atoms in total. The minimum absolute atomic E-state index is 0.112. The molecule has 0 aliphatic carbocycles. The molecule has 1 unspecified atom stereocenters. The second kappa shape index (κ2) is 7.28. The van der Waals surface area contributed by atoms with Crippen molar-refractivity contribution in [3.8, 4) is 0 Å². The molecule has 112 valence electrons. The first-order valence-electron chi connectivity index (χ1n) is 6.31. The van der Waals surface area contributed by atoms with Crippen molar-refractivity contribution < 1.29 is 14.8 Å². The lowest BCUT2D eigenvalue weighted by Gasteiger charge is -2.20. The zero-order chi connectivity index (χ0) is 15.3. The Kier molecular flexibility index (Phi) is 6.00. The van der Waals surface area contributed by atoms with Crippen molar-refractivity contribution >= 4 is 5.69 Å². The first-order chi connectivity index (χ1) is 9.36. The van der Waals surface area contributed by atoms with E-state index in [0.717, 1.165) is 0 Å². The number of aromatic nitrogens is 1. The zero-order valence-corrected chi connectivity index (χ0v) is 12.3. The van der Waals surface area contributed by atoms with Crippen LogP contribution in [0.5, 0.6) is 0 Å². The van der Waals surface area contributed by atoms with Gasteiger partial charge in [-0.05, 0) is 20.9 Å². The fourth-order valence-electron chi connectivity index (χ4n) is 2.13. The van der Waals surface area contributed by atoms with Gasteiger partial charge in [0.25, 0.3) is 5.69 Å². The van der Waals surface area contributed by atoms with Gasteiger partial charge in [-0.2, -0.15) is 0 Å².